The number of anilines is 1. The Labute approximate surface area is 162 Å². The van der Waals surface area contributed by atoms with Gasteiger partial charge in [-0.25, -0.2) is 4.79 Å². The number of benzene rings is 3. The molecule has 0 saturated heterocycles. The van der Waals surface area contributed by atoms with E-state index in [4.69, 9.17) is 14.3 Å². The molecule has 1 amide bonds. The maximum Gasteiger partial charge on any atom is 0.363 e. The second kappa shape index (κ2) is 8.73. The van der Waals surface area contributed by atoms with Gasteiger partial charge in [0.25, 0.3) is 5.91 Å². The van der Waals surface area contributed by atoms with Gasteiger partial charge in [0.15, 0.2) is 0 Å². The Balaban J connectivity index is 1.88. The van der Waals surface area contributed by atoms with Crippen molar-refractivity contribution in [3.8, 4) is 11.5 Å². The molecule has 6 nitrogen and oxygen atoms in total. The zero-order chi connectivity index (χ0) is 19.9. The fourth-order valence-corrected chi connectivity index (χ4v) is 2.49. The number of methoxy groups -OCH3 is 2. The van der Waals surface area contributed by atoms with E-state index in [0.29, 0.717) is 28.3 Å². The molecule has 0 aliphatic carbocycles. The highest BCUT2D eigenvalue weighted by atomic mass is 16.7. The molecular formula is C22H19NO5. The highest BCUT2D eigenvalue weighted by Gasteiger charge is 2.23. The Hall–Kier alpha value is -3.80. The van der Waals surface area contributed by atoms with E-state index in [9.17, 15) is 9.59 Å². The average molecular weight is 377 g/mol. The van der Waals surface area contributed by atoms with Gasteiger partial charge in [0.05, 0.1) is 25.5 Å². The number of rotatable bonds is 5. The van der Waals surface area contributed by atoms with Gasteiger partial charge in [-0.15, -0.1) is 5.06 Å². The van der Waals surface area contributed by atoms with Crippen molar-refractivity contribution in [2.24, 2.45) is 0 Å². The standard InChI is InChI=1S/C22H19NO5/c1-26-19-12-8-16(9-13-19)21(24)23(18-6-4-3-5-7-18)28-22(25)17-10-14-20(27-2)15-11-17/h3-15H,1-2H3. The molecule has 0 radical (unpaired) electrons. The molecule has 3 aromatic rings. The van der Waals surface area contributed by atoms with Crippen LogP contribution in [0.1, 0.15) is 20.7 Å². The van der Waals surface area contributed by atoms with Crippen LogP contribution >= 0.6 is 0 Å². The molecule has 0 fully saturated rings. The predicted molar refractivity (Wildman–Crippen MR) is 105 cm³/mol. The molecule has 0 aromatic heterocycles. The highest BCUT2D eigenvalue weighted by Crippen LogP contribution is 2.21. The van der Waals surface area contributed by atoms with Crippen molar-refractivity contribution < 1.29 is 23.9 Å². The summed E-state index contributed by atoms with van der Waals surface area (Å²) in [7, 11) is 3.09. The number of ether oxygens (including phenoxy) is 2. The minimum absolute atomic E-state index is 0.296. The first-order valence-corrected chi connectivity index (χ1v) is 8.52. The topological polar surface area (TPSA) is 65.1 Å². The second-order valence-electron chi connectivity index (χ2n) is 5.77. The van der Waals surface area contributed by atoms with E-state index in [2.05, 4.69) is 0 Å². The number of hydroxylamine groups is 1. The Kier molecular flexibility index (Phi) is 5.91. The normalized spacial score (nSPS) is 10.1. The summed E-state index contributed by atoms with van der Waals surface area (Å²) in [6, 6.07) is 21.7. The third-order valence-corrected chi connectivity index (χ3v) is 4.01. The molecular weight excluding hydrogens is 358 g/mol. The van der Waals surface area contributed by atoms with E-state index < -0.39 is 11.9 Å². The minimum atomic E-state index is -0.659. The summed E-state index contributed by atoms with van der Waals surface area (Å²) in [5.74, 6) is 0.105. The van der Waals surface area contributed by atoms with Crippen LogP contribution in [0, 0.1) is 0 Å². The van der Waals surface area contributed by atoms with Gasteiger partial charge in [-0.05, 0) is 60.7 Å². The maximum absolute atomic E-state index is 13.0. The van der Waals surface area contributed by atoms with Gasteiger partial charge >= 0.3 is 5.97 Å². The average Bonchev–Trinajstić information content (AvgIpc) is 2.77. The molecule has 0 heterocycles. The van der Waals surface area contributed by atoms with Crippen molar-refractivity contribution in [1.29, 1.82) is 0 Å². The molecule has 0 aliphatic heterocycles. The van der Waals surface area contributed by atoms with Gasteiger partial charge in [-0.2, -0.15) is 0 Å². The van der Waals surface area contributed by atoms with Crippen LogP contribution in [0.5, 0.6) is 11.5 Å². The summed E-state index contributed by atoms with van der Waals surface area (Å²) in [6.45, 7) is 0. The van der Waals surface area contributed by atoms with Crippen LogP contribution in [0.2, 0.25) is 0 Å². The first-order valence-electron chi connectivity index (χ1n) is 8.52. The molecule has 3 rings (SSSR count). The summed E-state index contributed by atoms with van der Waals surface area (Å²) in [4.78, 5) is 31.0. The second-order valence-corrected chi connectivity index (χ2v) is 5.77. The molecule has 28 heavy (non-hydrogen) atoms. The van der Waals surface area contributed by atoms with Crippen molar-refractivity contribution in [3.63, 3.8) is 0 Å². The summed E-state index contributed by atoms with van der Waals surface area (Å²) in [5.41, 5.74) is 1.08. The molecule has 0 N–H and O–H groups in total. The number of nitrogens with zero attached hydrogens (tertiary/aromatic N) is 1. The number of hydrogen-bond donors (Lipinski definition) is 0. The molecule has 0 spiro atoms. The summed E-state index contributed by atoms with van der Waals surface area (Å²) in [6.07, 6.45) is 0. The van der Waals surface area contributed by atoms with Gasteiger partial charge in [0.2, 0.25) is 0 Å². The zero-order valence-electron chi connectivity index (χ0n) is 15.5. The van der Waals surface area contributed by atoms with Crippen LogP contribution in [0.4, 0.5) is 5.69 Å². The third kappa shape index (κ3) is 4.29. The molecule has 6 heteroatoms. The first-order chi connectivity index (χ1) is 13.6. The van der Waals surface area contributed by atoms with Crippen molar-refractivity contribution in [3.05, 3.63) is 90.0 Å². The zero-order valence-corrected chi connectivity index (χ0v) is 15.5. The van der Waals surface area contributed by atoms with E-state index in [1.165, 1.54) is 7.11 Å². The van der Waals surface area contributed by atoms with Gasteiger partial charge in [-0.1, -0.05) is 18.2 Å². The predicted octanol–water partition coefficient (Wildman–Crippen LogP) is 4.12. The van der Waals surface area contributed by atoms with Crippen LogP contribution in [0.25, 0.3) is 0 Å². The van der Waals surface area contributed by atoms with Gasteiger partial charge < -0.3 is 14.3 Å². The van der Waals surface area contributed by atoms with Crippen LogP contribution in [0.3, 0.4) is 0 Å². The molecule has 0 saturated carbocycles. The molecule has 0 aliphatic rings. The monoisotopic (exact) mass is 377 g/mol. The van der Waals surface area contributed by atoms with Crippen molar-refractivity contribution in [2.45, 2.75) is 0 Å². The SMILES string of the molecule is COc1ccc(C(=O)ON(C(=O)c2ccc(OC)cc2)c2ccccc2)cc1. The van der Waals surface area contributed by atoms with E-state index in [0.717, 1.165) is 5.06 Å². The molecule has 0 bridgehead atoms. The first kappa shape index (κ1) is 19.0. The Morgan fingerprint density at radius 1 is 0.679 bits per heavy atom. The van der Waals surface area contributed by atoms with Crippen LogP contribution in [-0.2, 0) is 4.84 Å². The lowest BCUT2D eigenvalue weighted by Crippen LogP contribution is -2.33. The van der Waals surface area contributed by atoms with Crippen LogP contribution in [-0.4, -0.2) is 26.1 Å². The number of amides is 1. The Bertz CT molecular complexity index is 937. The number of para-hydroxylation sites is 1. The van der Waals surface area contributed by atoms with Gasteiger partial charge in [-0.3, -0.25) is 4.79 Å². The summed E-state index contributed by atoms with van der Waals surface area (Å²) >= 11 is 0. The van der Waals surface area contributed by atoms with Crippen molar-refractivity contribution >= 4 is 17.6 Å². The number of carbonyl (C=O) groups excluding carboxylic acids is 2. The van der Waals surface area contributed by atoms with E-state index >= 15 is 0 Å². The van der Waals surface area contributed by atoms with Crippen molar-refractivity contribution in [1.82, 2.24) is 0 Å². The fraction of sp³-hybridized carbons (Fsp3) is 0.0909. The van der Waals surface area contributed by atoms with Crippen molar-refractivity contribution in [2.75, 3.05) is 19.3 Å². The molecule has 142 valence electrons. The molecule has 0 atom stereocenters. The molecule has 3 aromatic carbocycles. The van der Waals surface area contributed by atoms with Gasteiger partial charge in [0.1, 0.15) is 11.5 Å². The highest BCUT2D eigenvalue weighted by molar-refractivity contribution is 6.06. The summed E-state index contributed by atoms with van der Waals surface area (Å²) < 4.78 is 10.2. The Morgan fingerprint density at radius 3 is 1.68 bits per heavy atom. The number of hydrogen-bond acceptors (Lipinski definition) is 5. The van der Waals surface area contributed by atoms with Gasteiger partial charge in [0, 0.05) is 5.56 Å². The molecule has 0 unspecified atom stereocenters. The van der Waals surface area contributed by atoms with E-state index in [1.54, 1.807) is 79.9 Å². The quantitative estimate of drug-likeness (QED) is 0.626. The Morgan fingerprint density at radius 2 is 1.18 bits per heavy atom. The lowest BCUT2D eigenvalue weighted by Gasteiger charge is -2.21. The summed E-state index contributed by atoms with van der Waals surface area (Å²) in [5, 5.41) is 0.981. The van der Waals surface area contributed by atoms with E-state index in [1.807, 2.05) is 6.07 Å². The van der Waals surface area contributed by atoms with E-state index in [-0.39, 0.29) is 0 Å². The smallest absolute Gasteiger partial charge is 0.363 e. The fourth-order valence-electron chi connectivity index (χ4n) is 2.49. The minimum Gasteiger partial charge on any atom is -0.497 e. The third-order valence-electron chi connectivity index (χ3n) is 4.01. The largest absolute Gasteiger partial charge is 0.497 e. The maximum atomic E-state index is 13.0. The lowest BCUT2D eigenvalue weighted by molar-refractivity contribution is 0.0409. The van der Waals surface area contributed by atoms with Crippen LogP contribution < -0.4 is 14.5 Å². The number of carbonyl (C=O) groups is 2. The van der Waals surface area contributed by atoms with Crippen LogP contribution in [0.15, 0.2) is 78.9 Å². The lowest BCUT2D eigenvalue weighted by atomic mass is 10.2.